The second kappa shape index (κ2) is 9.72. The third-order valence-corrected chi connectivity index (χ3v) is 5.71. The molecular weight excluding hydrogens is 448 g/mol. The average Bonchev–Trinajstić information content (AvgIpc) is 3.12. The molecule has 0 radical (unpaired) electrons. The van der Waals surface area contributed by atoms with Crippen molar-refractivity contribution in [2.45, 2.75) is 19.9 Å². The van der Waals surface area contributed by atoms with Crippen LogP contribution in [0.25, 0.3) is 0 Å². The molecular formula is C27H22N2O6. The first-order chi connectivity index (χ1) is 16.8. The normalized spacial score (nSPS) is 13.3. The average molecular weight is 470 g/mol. The van der Waals surface area contributed by atoms with Gasteiger partial charge in [0.05, 0.1) is 22.7 Å². The third-order valence-electron chi connectivity index (χ3n) is 5.71. The summed E-state index contributed by atoms with van der Waals surface area (Å²) in [6.45, 7) is 2.61. The van der Waals surface area contributed by atoms with Gasteiger partial charge in [0.25, 0.3) is 17.7 Å². The van der Waals surface area contributed by atoms with Crippen molar-refractivity contribution in [3.8, 4) is 0 Å². The summed E-state index contributed by atoms with van der Waals surface area (Å²) in [4.78, 5) is 63.2. The largest absolute Gasteiger partial charge is 0.452 e. The van der Waals surface area contributed by atoms with E-state index in [1.165, 1.54) is 31.2 Å². The predicted octanol–water partition coefficient (Wildman–Crippen LogP) is 4.04. The number of carbonyl (C=O) groups is 5. The second-order valence-corrected chi connectivity index (χ2v) is 8.09. The number of hydrogen-bond acceptors (Lipinski definition) is 6. The Hall–Kier alpha value is -4.59. The number of benzene rings is 3. The minimum absolute atomic E-state index is 0.0468. The summed E-state index contributed by atoms with van der Waals surface area (Å²) in [5.41, 5.74) is 2.00. The van der Waals surface area contributed by atoms with Gasteiger partial charge in [-0.1, -0.05) is 42.5 Å². The van der Waals surface area contributed by atoms with Crippen molar-refractivity contribution in [2.75, 3.05) is 11.9 Å². The fourth-order valence-electron chi connectivity index (χ4n) is 3.85. The quantitative estimate of drug-likeness (QED) is 0.317. The molecule has 1 N–H and O–H groups in total. The Morgan fingerprint density at radius 2 is 1.57 bits per heavy atom. The molecule has 0 spiro atoms. The summed E-state index contributed by atoms with van der Waals surface area (Å²) in [5, 5.41) is 2.56. The van der Waals surface area contributed by atoms with Gasteiger partial charge in [-0.15, -0.1) is 0 Å². The predicted molar refractivity (Wildman–Crippen MR) is 127 cm³/mol. The molecule has 0 aliphatic carbocycles. The van der Waals surface area contributed by atoms with Gasteiger partial charge in [0.2, 0.25) is 0 Å². The second-order valence-electron chi connectivity index (χ2n) is 8.09. The van der Waals surface area contributed by atoms with Gasteiger partial charge in [-0.3, -0.25) is 24.1 Å². The van der Waals surface area contributed by atoms with Gasteiger partial charge in [0, 0.05) is 11.3 Å². The van der Waals surface area contributed by atoms with E-state index < -0.39 is 36.3 Å². The molecule has 0 unspecified atom stereocenters. The van der Waals surface area contributed by atoms with Crippen LogP contribution in [0.1, 0.15) is 66.9 Å². The third kappa shape index (κ3) is 4.86. The van der Waals surface area contributed by atoms with Crippen LogP contribution in [0.3, 0.4) is 0 Å². The van der Waals surface area contributed by atoms with Gasteiger partial charge in [-0.25, -0.2) is 4.79 Å². The molecule has 0 saturated carbocycles. The van der Waals surface area contributed by atoms with Crippen LogP contribution in [0.4, 0.5) is 5.69 Å². The summed E-state index contributed by atoms with van der Waals surface area (Å²) in [5.74, 6) is -2.48. The highest BCUT2D eigenvalue weighted by atomic mass is 16.5. The van der Waals surface area contributed by atoms with Gasteiger partial charge in [-0.2, -0.15) is 0 Å². The molecule has 0 bridgehead atoms. The highest BCUT2D eigenvalue weighted by Gasteiger charge is 2.39. The lowest BCUT2D eigenvalue weighted by Crippen LogP contribution is -2.32. The maximum absolute atomic E-state index is 13.0. The minimum atomic E-state index is -0.810. The number of nitrogens with one attached hydrogen (secondary N) is 1. The first-order valence-corrected chi connectivity index (χ1v) is 10.9. The molecule has 1 aliphatic heterocycles. The van der Waals surface area contributed by atoms with E-state index in [2.05, 4.69) is 5.32 Å². The lowest BCUT2D eigenvalue weighted by molar-refractivity contribution is -0.119. The molecule has 1 heterocycles. The Morgan fingerprint density at radius 3 is 2.29 bits per heavy atom. The standard InChI is InChI=1S/C27H22N2O6/c1-16(18-7-4-3-5-8-18)29-25(32)22-12-11-20(14-23(22)26(29)33)27(34)35-15-24(31)28-21-10-6-9-19(13-21)17(2)30/h3-14,16H,15H2,1-2H3,(H,28,31)/t16-/m1/s1. The Labute approximate surface area is 201 Å². The smallest absolute Gasteiger partial charge is 0.338 e. The molecule has 35 heavy (non-hydrogen) atoms. The van der Waals surface area contributed by atoms with E-state index in [4.69, 9.17) is 4.74 Å². The fraction of sp³-hybridized carbons (Fsp3) is 0.148. The summed E-state index contributed by atoms with van der Waals surface area (Å²) in [7, 11) is 0. The van der Waals surface area contributed by atoms with Crippen molar-refractivity contribution in [1.29, 1.82) is 0 Å². The Balaban J connectivity index is 1.42. The number of ketones is 1. The van der Waals surface area contributed by atoms with Crippen LogP contribution in [-0.2, 0) is 9.53 Å². The number of rotatable bonds is 7. The van der Waals surface area contributed by atoms with Crippen LogP contribution in [0.15, 0.2) is 72.8 Å². The van der Waals surface area contributed by atoms with Gasteiger partial charge >= 0.3 is 5.97 Å². The first kappa shape index (κ1) is 23.6. The van der Waals surface area contributed by atoms with E-state index >= 15 is 0 Å². The summed E-state index contributed by atoms with van der Waals surface area (Å²) in [6.07, 6.45) is 0. The monoisotopic (exact) mass is 470 g/mol. The van der Waals surface area contributed by atoms with E-state index in [0.717, 1.165) is 10.5 Å². The van der Waals surface area contributed by atoms with Crippen LogP contribution in [-0.4, -0.2) is 41.0 Å². The number of hydrogen-bond donors (Lipinski definition) is 1. The number of ether oxygens (including phenoxy) is 1. The maximum atomic E-state index is 13.0. The lowest BCUT2D eigenvalue weighted by Gasteiger charge is -2.22. The number of amides is 3. The Morgan fingerprint density at radius 1 is 0.857 bits per heavy atom. The molecule has 8 heteroatoms. The van der Waals surface area contributed by atoms with E-state index in [1.54, 1.807) is 25.1 Å². The summed E-state index contributed by atoms with van der Waals surface area (Å²) >= 11 is 0. The number of esters is 1. The zero-order valence-electron chi connectivity index (χ0n) is 19.1. The molecule has 1 aliphatic rings. The molecule has 1 atom stereocenters. The Bertz CT molecular complexity index is 1350. The minimum Gasteiger partial charge on any atom is -0.452 e. The number of fused-ring (bicyclic) bond motifs is 1. The number of anilines is 1. The van der Waals surface area contributed by atoms with Crippen LogP contribution in [0, 0.1) is 0 Å². The molecule has 3 amide bonds. The number of carbonyl (C=O) groups excluding carboxylic acids is 5. The van der Waals surface area contributed by atoms with Crippen molar-refractivity contribution in [1.82, 2.24) is 4.90 Å². The van der Waals surface area contributed by atoms with E-state index in [-0.39, 0.29) is 22.5 Å². The first-order valence-electron chi connectivity index (χ1n) is 10.9. The topological polar surface area (TPSA) is 110 Å². The summed E-state index contributed by atoms with van der Waals surface area (Å²) in [6, 6.07) is 19.2. The van der Waals surface area contributed by atoms with Gasteiger partial charge in [0.1, 0.15) is 0 Å². The van der Waals surface area contributed by atoms with Crippen LogP contribution in [0.2, 0.25) is 0 Å². The van der Waals surface area contributed by atoms with Crippen LogP contribution < -0.4 is 5.32 Å². The van der Waals surface area contributed by atoms with Gasteiger partial charge < -0.3 is 10.1 Å². The van der Waals surface area contributed by atoms with Gasteiger partial charge in [-0.05, 0) is 49.7 Å². The Kier molecular flexibility index (Phi) is 6.55. The molecule has 176 valence electrons. The van der Waals surface area contributed by atoms with Crippen LogP contribution >= 0.6 is 0 Å². The fourth-order valence-corrected chi connectivity index (χ4v) is 3.85. The molecule has 0 fully saturated rings. The highest BCUT2D eigenvalue weighted by Crippen LogP contribution is 2.31. The number of Topliss-reactive ketones (excluding diaryl/α,β-unsaturated/α-hetero) is 1. The highest BCUT2D eigenvalue weighted by molar-refractivity contribution is 6.22. The summed E-state index contributed by atoms with van der Waals surface area (Å²) < 4.78 is 5.08. The van der Waals surface area contributed by atoms with Crippen molar-refractivity contribution in [2.24, 2.45) is 0 Å². The molecule has 0 aromatic heterocycles. The molecule has 3 aromatic rings. The number of imide groups is 1. The SMILES string of the molecule is CC(=O)c1cccc(NC(=O)COC(=O)c2ccc3c(c2)C(=O)N([C@H](C)c2ccccc2)C3=O)c1. The van der Waals surface area contributed by atoms with Crippen molar-refractivity contribution in [3.63, 3.8) is 0 Å². The maximum Gasteiger partial charge on any atom is 0.338 e. The zero-order valence-corrected chi connectivity index (χ0v) is 19.1. The zero-order chi connectivity index (χ0) is 25.1. The number of nitrogens with zero attached hydrogens (tertiary/aromatic N) is 1. The lowest BCUT2D eigenvalue weighted by atomic mass is 10.1. The van der Waals surface area contributed by atoms with Crippen molar-refractivity contribution >= 4 is 35.2 Å². The molecule has 4 rings (SSSR count). The molecule has 3 aromatic carbocycles. The van der Waals surface area contributed by atoms with Crippen LogP contribution in [0.5, 0.6) is 0 Å². The van der Waals surface area contributed by atoms with E-state index in [1.807, 2.05) is 30.3 Å². The van der Waals surface area contributed by atoms with Crippen molar-refractivity contribution in [3.05, 3.63) is 101 Å². The van der Waals surface area contributed by atoms with Gasteiger partial charge in [0.15, 0.2) is 12.4 Å². The molecule has 0 saturated heterocycles. The van der Waals surface area contributed by atoms with Crippen molar-refractivity contribution < 1.29 is 28.7 Å². The van der Waals surface area contributed by atoms with E-state index in [9.17, 15) is 24.0 Å². The van der Waals surface area contributed by atoms with E-state index in [0.29, 0.717) is 11.3 Å². The molecule has 8 nitrogen and oxygen atoms in total.